The molecule has 1 amide bonds. The minimum Gasteiger partial charge on any atom is -0.488 e. The molecule has 2 aliphatic heterocycles. The Labute approximate surface area is 215 Å². The van der Waals surface area contributed by atoms with E-state index < -0.39 is 11.6 Å². The van der Waals surface area contributed by atoms with E-state index in [4.69, 9.17) is 9.47 Å². The number of ether oxygens (including phenoxy) is 2. The summed E-state index contributed by atoms with van der Waals surface area (Å²) in [6.07, 6.45) is 6.78. The van der Waals surface area contributed by atoms with Gasteiger partial charge >= 0.3 is 0 Å². The molecule has 1 unspecified atom stereocenters. The SMILES string of the molecule is CC(C)c1c(C(=O)NCc2ccc(F)c(F)c2)c2ccc(OC3CCOC3)cc2n1CC1=CCCC=N1. The van der Waals surface area contributed by atoms with Gasteiger partial charge in [0.05, 0.1) is 36.5 Å². The Hall–Kier alpha value is -3.52. The lowest BCUT2D eigenvalue weighted by atomic mass is 10.0. The van der Waals surface area contributed by atoms with Crippen LogP contribution in [0, 0.1) is 11.6 Å². The number of carbonyl (C=O) groups is 1. The van der Waals surface area contributed by atoms with Gasteiger partial charge in [-0.1, -0.05) is 26.0 Å². The number of halogens is 2. The van der Waals surface area contributed by atoms with Crippen molar-refractivity contribution in [2.45, 2.75) is 58.2 Å². The monoisotopic (exact) mass is 507 g/mol. The molecule has 0 aliphatic carbocycles. The average Bonchev–Trinajstić information content (AvgIpc) is 3.51. The van der Waals surface area contributed by atoms with E-state index in [1.54, 1.807) is 0 Å². The van der Waals surface area contributed by atoms with Crippen LogP contribution in [0.2, 0.25) is 0 Å². The topological polar surface area (TPSA) is 64.8 Å². The summed E-state index contributed by atoms with van der Waals surface area (Å²) in [7, 11) is 0. The van der Waals surface area contributed by atoms with E-state index in [-0.39, 0.29) is 24.5 Å². The van der Waals surface area contributed by atoms with Gasteiger partial charge in [0.2, 0.25) is 0 Å². The highest BCUT2D eigenvalue weighted by Crippen LogP contribution is 2.35. The number of fused-ring (bicyclic) bond motifs is 1. The van der Waals surface area contributed by atoms with Crippen LogP contribution in [0.25, 0.3) is 10.9 Å². The first-order valence-electron chi connectivity index (χ1n) is 12.7. The zero-order valence-corrected chi connectivity index (χ0v) is 21.1. The van der Waals surface area contributed by atoms with Gasteiger partial charge in [0.1, 0.15) is 11.9 Å². The summed E-state index contributed by atoms with van der Waals surface area (Å²) in [6.45, 7) is 5.99. The number of benzene rings is 2. The molecule has 2 aliphatic rings. The molecule has 1 fully saturated rings. The van der Waals surface area contributed by atoms with Gasteiger partial charge in [-0.25, -0.2) is 8.78 Å². The number of nitrogens with one attached hydrogen (secondary N) is 1. The van der Waals surface area contributed by atoms with Crippen LogP contribution in [-0.4, -0.2) is 36.0 Å². The number of nitrogens with zero attached hydrogens (tertiary/aromatic N) is 2. The van der Waals surface area contributed by atoms with Crippen LogP contribution in [0.1, 0.15) is 60.6 Å². The Morgan fingerprint density at radius 2 is 2.05 bits per heavy atom. The molecule has 1 aromatic heterocycles. The van der Waals surface area contributed by atoms with E-state index in [1.165, 1.54) is 6.07 Å². The number of carbonyl (C=O) groups excluding carboxylic acids is 1. The molecule has 6 nitrogen and oxygen atoms in total. The van der Waals surface area contributed by atoms with Gasteiger partial charge in [-0.2, -0.15) is 0 Å². The van der Waals surface area contributed by atoms with Crippen LogP contribution in [0.4, 0.5) is 8.78 Å². The Kier molecular flexibility index (Phi) is 7.37. The van der Waals surface area contributed by atoms with Crippen molar-refractivity contribution in [2.75, 3.05) is 13.2 Å². The fraction of sp³-hybridized carbons (Fsp3) is 0.379. The van der Waals surface area contributed by atoms with E-state index in [0.29, 0.717) is 30.9 Å². The van der Waals surface area contributed by atoms with Crippen molar-refractivity contribution in [2.24, 2.45) is 4.99 Å². The van der Waals surface area contributed by atoms with Gasteiger partial charge in [-0.3, -0.25) is 9.79 Å². The predicted octanol–water partition coefficient (Wildman–Crippen LogP) is 5.89. The third-order valence-electron chi connectivity index (χ3n) is 6.73. The van der Waals surface area contributed by atoms with Crippen LogP contribution in [0.5, 0.6) is 5.75 Å². The Morgan fingerprint density at radius 1 is 1.19 bits per heavy atom. The van der Waals surface area contributed by atoms with Crippen molar-refractivity contribution >= 4 is 23.0 Å². The Morgan fingerprint density at radius 3 is 2.76 bits per heavy atom. The molecule has 5 rings (SSSR count). The lowest BCUT2D eigenvalue weighted by molar-refractivity contribution is 0.0951. The molecule has 0 radical (unpaired) electrons. The number of aliphatic imine (C=N–C) groups is 1. The highest BCUT2D eigenvalue weighted by Gasteiger charge is 2.26. The lowest BCUT2D eigenvalue weighted by Crippen LogP contribution is -2.24. The number of rotatable bonds is 8. The second-order valence-corrected chi connectivity index (χ2v) is 9.80. The third kappa shape index (κ3) is 5.44. The minimum atomic E-state index is -0.937. The zero-order valence-electron chi connectivity index (χ0n) is 21.1. The quantitative estimate of drug-likeness (QED) is 0.414. The molecule has 1 atom stereocenters. The summed E-state index contributed by atoms with van der Waals surface area (Å²) in [5.74, 6) is -1.35. The lowest BCUT2D eigenvalue weighted by Gasteiger charge is -2.17. The second kappa shape index (κ2) is 10.8. The summed E-state index contributed by atoms with van der Waals surface area (Å²) >= 11 is 0. The summed E-state index contributed by atoms with van der Waals surface area (Å²) in [5.41, 5.74) is 3.79. The fourth-order valence-electron chi connectivity index (χ4n) is 4.98. The number of hydrogen-bond donors (Lipinski definition) is 1. The van der Waals surface area contributed by atoms with Crippen molar-refractivity contribution < 1.29 is 23.0 Å². The zero-order chi connectivity index (χ0) is 25.9. The van der Waals surface area contributed by atoms with Gasteiger partial charge in [-0.05, 0) is 48.6 Å². The molecule has 0 spiro atoms. The first-order valence-corrected chi connectivity index (χ1v) is 12.7. The summed E-state index contributed by atoms with van der Waals surface area (Å²) in [4.78, 5) is 18.2. The Bertz CT molecular complexity index is 1370. The number of amides is 1. The maximum atomic E-state index is 13.7. The van der Waals surface area contributed by atoms with Gasteiger partial charge in [0.25, 0.3) is 5.91 Å². The molecule has 194 valence electrons. The van der Waals surface area contributed by atoms with Crippen molar-refractivity contribution in [1.29, 1.82) is 0 Å². The molecule has 37 heavy (non-hydrogen) atoms. The van der Waals surface area contributed by atoms with Gasteiger partial charge in [0.15, 0.2) is 11.6 Å². The first-order chi connectivity index (χ1) is 17.9. The van der Waals surface area contributed by atoms with E-state index >= 15 is 0 Å². The summed E-state index contributed by atoms with van der Waals surface area (Å²) < 4.78 is 40.8. The van der Waals surface area contributed by atoms with Crippen molar-refractivity contribution in [3.63, 3.8) is 0 Å². The second-order valence-electron chi connectivity index (χ2n) is 9.80. The predicted molar refractivity (Wildman–Crippen MR) is 139 cm³/mol. The third-order valence-corrected chi connectivity index (χ3v) is 6.73. The largest absolute Gasteiger partial charge is 0.488 e. The van der Waals surface area contributed by atoms with E-state index in [9.17, 15) is 13.6 Å². The average molecular weight is 508 g/mol. The van der Waals surface area contributed by atoms with Gasteiger partial charge < -0.3 is 19.4 Å². The molecule has 0 saturated carbocycles. The maximum Gasteiger partial charge on any atom is 0.254 e. The minimum absolute atomic E-state index is 0.00922. The van der Waals surface area contributed by atoms with Crippen LogP contribution in [0.3, 0.4) is 0 Å². The van der Waals surface area contributed by atoms with E-state index in [1.807, 2.05) is 24.4 Å². The highest BCUT2D eigenvalue weighted by atomic mass is 19.2. The molecule has 3 heterocycles. The molecular formula is C29H31F2N3O3. The van der Waals surface area contributed by atoms with Gasteiger partial charge in [-0.15, -0.1) is 0 Å². The number of hydrogen-bond acceptors (Lipinski definition) is 4. The smallest absolute Gasteiger partial charge is 0.254 e. The van der Waals surface area contributed by atoms with Crippen LogP contribution >= 0.6 is 0 Å². The molecule has 3 aromatic rings. The van der Waals surface area contributed by atoms with Crippen molar-refractivity contribution in [1.82, 2.24) is 9.88 Å². The van der Waals surface area contributed by atoms with Gasteiger partial charge in [0, 0.05) is 36.3 Å². The van der Waals surface area contributed by atoms with Crippen LogP contribution < -0.4 is 10.1 Å². The highest BCUT2D eigenvalue weighted by molar-refractivity contribution is 6.09. The number of aromatic nitrogens is 1. The molecular weight excluding hydrogens is 476 g/mol. The summed E-state index contributed by atoms with van der Waals surface area (Å²) in [6, 6.07) is 9.44. The standard InChI is InChI=1S/C29H31F2N3O3/c1-18(2)28-27(29(35)33-15-19-6-9-24(30)25(31)13-19)23-8-7-21(37-22-10-12-36-17-22)14-26(23)34(28)16-20-5-3-4-11-32-20/h5-9,11,13-14,18,22H,3-4,10,12,15-17H2,1-2H3,(H,33,35). The van der Waals surface area contributed by atoms with Crippen LogP contribution in [-0.2, 0) is 17.8 Å². The van der Waals surface area contributed by atoms with Crippen molar-refractivity contribution in [3.05, 3.63) is 76.6 Å². The molecule has 1 saturated heterocycles. The van der Waals surface area contributed by atoms with E-state index in [2.05, 4.69) is 34.8 Å². The van der Waals surface area contributed by atoms with Crippen LogP contribution in [0.15, 0.2) is 53.2 Å². The first kappa shape index (κ1) is 25.1. The molecule has 8 heteroatoms. The molecule has 0 bridgehead atoms. The number of allylic oxidation sites excluding steroid dienone is 2. The fourth-order valence-corrected chi connectivity index (χ4v) is 4.98. The van der Waals surface area contributed by atoms with E-state index in [0.717, 1.165) is 59.4 Å². The molecule has 1 N–H and O–H groups in total. The van der Waals surface area contributed by atoms with Crippen molar-refractivity contribution in [3.8, 4) is 5.75 Å². The maximum absolute atomic E-state index is 13.7. The Balaban J connectivity index is 1.54. The molecule has 2 aromatic carbocycles. The summed E-state index contributed by atoms with van der Waals surface area (Å²) in [5, 5.41) is 3.71. The normalized spacial score (nSPS) is 17.4.